The van der Waals surface area contributed by atoms with Crippen molar-refractivity contribution in [2.75, 3.05) is 7.11 Å². The molecule has 1 aliphatic rings. The second-order valence-electron chi connectivity index (χ2n) is 6.53. The van der Waals surface area contributed by atoms with Gasteiger partial charge in [0, 0.05) is 24.2 Å². The normalized spacial score (nSPS) is 14.9. The molecule has 2 N–H and O–H groups in total. The minimum absolute atomic E-state index is 0.111. The minimum Gasteiger partial charge on any atom is -0.497 e. The van der Waals surface area contributed by atoms with Crippen molar-refractivity contribution in [3.8, 4) is 5.75 Å². The van der Waals surface area contributed by atoms with Crippen LogP contribution in [-0.2, 0) is 6.54 Å². The summed E-state index contributed by atoms with van der Waals surface area (Å²) in [5.74, 6) is 0.841. The lowest BCUT2D eigenvalue weighted by molar-refractivity contribution is 0.0889. The van der Waals surface area contributed by atoms with Gasteiger partial charge in [-0.15, -0.1) is 0 Å². The molecule has 1 fully saturated rings. The second kappa shape index (κ2) is 8.01. The maximum atomic E-state index is 12.5. The molecule has 1 saturated carbocycles. The van der Waals surface area contributed by atoms with Crippen molar-refractivity contribution >= 4 is 11.7 Å². The monoisotopic (exact) mass is 340 g/mol. The lowest BCUT2D eigenvalue weighted by atomic mass is 9.84. The van der Waals surface area contributed by atoms with Crippen molar-refractivity contribution in [3.63, 3.8) is 0 Å². The first-order valence-corrected chi connectivity index (χ1v) is 8.81. The molecule has 0 radical (unpaired) electrons. The van der Waals surface area contributed by atoms with Gasteiger partial charge < -0.3 is 15.0 Å². The molecular weight excluding hydrogens is 316 g/mol. The van der Waals surface area contributed by atoms with Crippen LogP contribution >= 0.6 is 0 Å². The van der Waals surface area contributed by atoms with Crippen molar-refractivity contribution < 1.29 is 14.3 Å². The highest BCUT2D eigenvalue weighted by molar-refractivity contribution is 6.01. The molecule has 132 valence electrons. The molecule has 1 aromatic carbocycles. The number of ketones is 1. The van der Waals surface area contributed by atoms with E-state index in [9.17, 15) is 9.59 Å². The molecular formula is C20H24N2O3. The highest BCUT2D eigenvalue weighted by Gasteiger charge is 2.23. The van der Waals surface area contributed by atoms with E-state index in [1.165, 1.54) is 6.42 Å². The summed E-state index contributed by atoms with van der Waals surface area (Å²) in [6, 6.07) is 9.20. The standard InChI is InChI=1S/C20H24N2O3/c1-25-17-9-7-14(8-10-17)12-22-20(24)18-11-16(13-21-18)19(23)15-5-3-2-4-6-15/h7-11,13,15,21H,2-6,12H2,1H3,(H,22,24). The largest absolute Gasteiger partial charge is 0.497 e. The Labute approximate surface area is 147 Å². The van der Waals surface area contributed by atoms with Gasteiger partial charge in [0.2, 0.25) is 0 Å². The van der Waals surface area contributed by atoms with E-state index in [-0.39, 0.29) is 17.6 Å². The van der Waals surface area contributed by atoms with E-state index < -0.39 is 0 Å². The Balaban J connectivity index is 1.57. The van der Waals surface area contributed by atoms with E-state index in [4.69, 9.17) is 4.74 Å². The Kier molecular flexibility index (Phi) is 5.53. The van der Waals surface area contributed by atoms with Gasteiger partial charge >= 0.3 is 0 Å². The van der Waals surface area contributed by atoms with Crippen molar-refractivity contribution in [1.82, 2.24) is 10.3 Å². The summed E-state index contributed by atoms with van der Waals surface area (Å²) in [7, 11) is 1.62. The second-order valence-corrected chi connectivity index (χ2v) is 6.53. The number of Topliss-reactive ketones (excluding diaryl/α,β-unsaturated/α-hetero) is 1. The molecule has 0 saturated heterocycles. The van der Waals surface area contributed by atoms with E-state index in [1.807, 2.05) is 24.3 Å². The van der Waals surface area contributed by atoms with E-state index in [1.54, 1.807) is 19.4 Å². The van der Waals surface area contributed by atoms with Crippen LogP contribution in [-0.4, -0.2) is 23.8 Å². The molecule has 25 heavy (non-hydrogen) atoms. The number of ether oxygens (including phenoxy) is 1. The average Bonchev–Trinajstić information content (AvgIpc) is 3.17. The number of nitrogens with one attached hydrogen (secondary N) is 2. The zero-order chi connectivity index (χ0) is 17.6. The molecule has 5 nitrogen and oxygen atoms in total. The number of hydrogen-bond acceptors (Lipinski definition) is 3. The van der Waals surface area contributed by atoms with Gasteiger partial charge in [-0.05, 0) is 36.6 Å². The summed E-state index contributed by atoms with van der Waals surface area (Å²) in [6.07, 6.45) is 7.03. The van der Waals surface area contributed by atoms with Gasteiger partial charge in [-0.1, -0.05) is 31.4 Å². The number of carbonyl (C=O) groups excluding carboxylic acids is 2. The fraction of sp³-hybridized carbons (Fsp3) is 0.400. The fourth-order valence-electron chi connectivity index (χ4n) is 3.29. The molecule has 0 atom stereocenters. The number of aromatic amines is 1. The molecule has 1 aliphatic carbocycles. The minimum atomic E-state index is -0.210. The zero-order valence-electron chi connectivity index (χ0n) is 14.5. The molecule has 0 aliphatic heterocycles. The number of carbonyl (C=O) groups is 2. The number of hydrogen-bond donors (Lipinski definition) is 2. The van der Waals surface area contributed by atoms with E-state index in [0.717, 1.165) is 37.0 Å². The van der Waals surface area contributed by atoms with Crippen LogP contribution in [0.5, 0.6) is 5.75 Å². The number of aromatic nitrogens is 1. The number of methoxy groups -OCH3 is 1. The SMILES string of the molecule is COc1ccc(CNC(=O)c2cc(C(=O)C3CCCCC3)c[nH]2)cc1. The Bertz CT molecular complexity index is 728. The van der Waals surface area contributed by atoms with Crippen molar-refractivity contribution in [3.05, 3.63) is 53.3 Å². The average molecular weight is 340 g/mol. The van der Waals surface area contributed by atoms with Gasteiger partial charge in [-0.3, -0.25) is 9.59 Å². The Morgan fingerprint density at radius 2 is 1.88 bits per heavy atom. The molecule has 1 aromatic heterocycles. The van der Waals surface area contributed by atoms with Gasteiger partial charge in [-0.2, -0.15) is 0 Å². The maximum Gasteiger partial charge on any atom is 0.267 e. The third kappa shape index (κ3) is 4.29. The van der Waals surface area contributed by atoms with Crippen molar-refractivity contribution in [1.29, 1.82) is 0 Å². The molecule has 5 heteroatoms. The third-order valence-corrected chi connectivity index (χ3v) is 4.80. The smallest absolute Gasteiger partial charge is 0.267 e. The topological polar surface area (TPSA) is 71.2 Å². The van der Waals surface area contributed by atoms with Gasteiger partial charge in [-0.25, -0.2) is 0 Å². The maximum absolute atomic E-state index is 12.5. The number of rotatable bonds is 6. The lowest BCUT2D eigenvalue weighted by Crippen LogP contribution is -2.23. The first-order chi connectivity index (χ1) is 12.2. The first-order valence-electron chi connectivity index (χ1n) is 8.81. The predicted molar refractivity (Wildman–Crippen MR) is 95.9 cm³/mol. The van der Waals surface area contributed by atoms with Gasteiger partial charge in [0.15, 0.2) is 5.78 Å². The summed E-state index contributed by atoms with van der Waals surface area (Å²) in [5, 5.41) is 2.86. The van der Waals surface area contributed by atoms with Crippen LogP contribution in [0.3, 0.4) is 0 Å². The molecule has 3 rings (SSSR count). The molecule has 1 amide bonds. The third-order valence-electron chi connectivity index (χ3n) is 4.80. The van der Waals surface area contributed by atoms with E-state index in [2.05, 4.69) is 10.3 Å². The lowest BCUT2D eigenvalue weighted by Gasteiger charge is -2.19. The summed E-state index contributed by atoms with van der Waals surface area (Å²) >= 11 is 0. The molecule has 2 aromatic rings. The van der Waals surface area contributed by atoms with E-state index in [0.29, 0.717) is 17.8 Å². The first kappa shape index (κ1) is 17.3. The summed E-state index contributed by atoms with van der Waals surface area (Å²) in [5.41, 5.74) is 2.02. The zero-order valence-corrected chi connectivity index (χ0v) is 14.5. The van der Waals surface area contributed by atoms with Gasteiger partial charge in [0.1, 0.15) is 11.4 Å². The van der Waals surface area contributed by atoms with Crippen LogP contribution in [0.15, 0.2) is 36.5 Å². The Morgan fingerprint density at radius 1 is 1.16 bits per heavy atom. The van der Waals surface area contributed by atoms with Crippen LogP contribution in [0.4, 0.5) is 0 Å². The van der Waals surface area contributed by atoms with Crippen LogP contribution in [0.2, 0.25) is 0 Å². The summed E-state index contributed by atoms with van der Waals surface area (Å²) in [6.45, 7) is 0.424. The predicted octanol–water partition coefficient (Wildman–Crippen LogP) is 3.72. The number of H-pyrrole nitrogens is 1. The Morgan fingerprint density at radius 3 is 2.56 bits per heavy atom. The van der Waals surface area contributed by atoms with Gasteiger partial charge in [0.05, 0.1) is 7.11 Å². The fourth-order valence-corrected chi connectivity index (χ4v) is 3.29. The van der Waals surface area contributed by atoms with Crippen LogP contribution in [0.25, 0.3) is 0 Å². The van der Waals surface area contributed by atoms with Crippen LogP contribution in [0.1, 0.15) is 58.5 Å². The van der Waals surface area contributed by atoms with Crippen LogP contribution in [0, 0.1) is 5.92 Å². The quantitative estimate of drug-likeness (QED) is 0.787. The van der Waals surface area contributed by atoms with Crippen molar-refractivity contribution in [2.45, 2.75) is 38.6 Å². The highest BCUT2D eigenvalue weighted by atomic mass is 16.5. The number of benzene rings is 1. The van der Waals surface area contributed by atoms with Gasteiger partial charge in [0.25, 0.3) is 5.91 Å². The van der Waals surface area contributed by atoms with E-state index >= 15 is 0 Å². The molecule has 0 unspecified atom stereocenters. The van der Waals surface area contributed by atoms with Crippen molar-refractivity contribution in [2.24, 2.45) is 5.92 Å². The molecule has 0 bridgehead atoms. The molecule has 0 spiro atoms. The number of amides is 1. The summed E-state index contributed by atoms with van der Waals surface area (Å²) in [4.78, 5) is 27.7. The Hall–Kier alpha value is -2.56. The van der Waals surface area contributed by atoms with Crippen LogP contribution < -0.4 is 10.1 Å². The molecule has 1 heterocycles. The summed E-state index contributed by atoms with van der Waals surface area (Å²) < 4.78 is 5.11. The highest BCUT2D eigenvalue weighted by Crippen LogP contribution is 2.27.